The van der Waals surface area contributed by atoms with Gasteiger partial charge in [-0.2, -0.15) is 0 Å². The molecule has 11 heteroatoms. The zero-order chi connectivity index (χ0) is 20.1. The molecule has 3 aromatic rings. The van der Waals surface area contributed by atoms with E-state index < -0.39 is 32.6 Å². The van der Waals surface area contributed by atoms with Gasteiger partial charge in [-0.1, -0.05) is 0 Å². The Kier molecular flexibility index (Phi) is 4.19. The number of nitrogens with one attached hydrogen (secondary N) is 2. The summed E-state index contributed by atoms with van der Waals surface area (Å²) >= 11 is 0. The summed E-state index contributed by atoms with van der Waals surface area (Å²) in [6, 6.07) is 2.45. The molecule has 1 aromatic carbocycles. The quantitative estimate of drug-likeness (QED) is 0.539. The van der Waals surface area contributed by atoms with Gasteiger partial charge in [-0.25, -0.2) is 18.4 Å². The van der Waals surface area contributed by atoms with Gasteiger partial charge in [0.15, 0.2) is 15.6 Å². The number of aryl methyl sites for hydroxylation is 1. The molecule has 3 rings (SSSR count). The number of H-pyrrole nitrogens is 2. The first kappa shape index (κ1) is 18.5. The van der Waals surface area contributed by atoms with Gasteiger partial charge in [-0.3, -0.25) is 14.3 Å². The fourth-order valence-corrected chi connectivity index (χ4v) is 3.73. The largest absolute Gasteiger partial charge is 0.500 e. The lowest BCUT2D eigenvalue weighted by molar-refractivity contribution is 0.103. The monoisotopic (exact) mass is 393 g/mol. The molecule has 0 saturated heterocycles. The molecule has 0 fully saturated rings. The molecule has 2 heterocycles. The van der Waals surface area contributed by atoms with Crippen molar-refractivity contribution in [3.05, 3.63) is 55.8 Å². The van der Waals surface area contributed by atoms with Crippen molar-refractivity contribution in [3.8, 4) is 17.0 Å². The van der Waals surface area contributed by atoms with E-state index in [9.17, 15) is 27.9 Å². The molecule has 2 aromatic heterocycles. The first-order chi connectivity index (χ1) is 12.5. The predicted molar refractivity (Wildman–Crippen MR) is 93.7 cm³/mol. The minimum absolute atomic E-state index is 0.0375. The molecule has 0 amide bonds. The highest BCUT2D eigenvalue weighted by atomic mass is 32.2. The van der Waals surface area contributed by atoms with Crippen molar-refractivity contribution >= 4 is 15.6 Å². The van der Waals surface area contributed by atoms with E-state index in [-0.39, 0.29) is 32.8 Å². The highest BCUT2D eigenvalue weighted by molar-refractivity contribution is 7.90. The van der Waals surface area contributed by atoms with E-state index >= 15 is 0 Å². The third-order valence-electron chi connectivity index (χ3n) is 4.18. The average Bonchev–Trinajstić information content (AvgIpc) is 3.09. The van der Waals surface area contributed by atoms with Crippen molar-refractivity contribution in [1.82, 2.24) is 14.9 Å². The van der Waals surface area contributed by atoms with Crippen molar-refractivity contribution in [2.75, 3.05) is 6.26 Å². The van der Waals surface area contributed by atoms with Crippen molar-refractivity contribution in [2.45, 2.75) is 11.8 Å². The Hall–Kier alpha value is -3.34. The molecule has 0 bridgehead atoms. The lowest BCUT2D eigenvalue weighted by atomic mass is 9.95. The van der Waals surface area contributed by atoms with Gasteiger partial charge >= 0.3 is 5.63 Å². The van der Waals surface area contributed by atoms with E-state index in [2.05, 4.69) is 14.8 Å². The zero-order valence-electron chi connectivity index (χ0n) is 14.5. The molecule has 0 aliphatic rings. The number of benzene rings is 1. The van der Waals surface area contributed by atoms with Crippen LogP contribution in [0.2, 0.25) is 0 Å². The summed E-state index contributed by atoms with van der Waals surface area (Å²) in [5.74, 6) is -1.45. The second-order valence-electron chi connectivity index (χ2n) is 5.98. The van der Waals surface area contributed by atoms with Crippen molar-refractivity contribution in [2.24, 2.45) is 7.05 Å². The topological polar surface area (TPSA) is 155 Å². The summed E-state index contributed by atoms with van der Waals surface area (Å²) in [4.78, 5) is 36.1. The smallest absolute Gasteiger partial charge is 0.399 e. The number of carbonyl (C=O) groups excluding carboxylic acids is 1. The number of aromatic hydroxyl groups is 1. The first-order valence-electron chi connectivity index (χ1n) is 7.57. The van der Waals surface area contributed by atoms with Crippen LogP contribution in [0.5, 0.6) is 5.75 Å². The van der Waals surface area contributed by atoms with E-state index in [1.165, 1.54) is 32.3 Å². The normalized spacial score (nSPS) is 11.7. The molecule has 142 valence electrons. The Labute approximate surface area is 151 Å². The number of sulfone groups is 1. The number of hydrogen-bond acceptors (Lipinski definition) is 7. The average molecular weight is 393 g/mol. The van der Waals surface area contributed by atoms with Crippen molar-refractivity contribution in [1.29, 1.82) is 0 Å². The number of ketones is 1. The van der Waals surface area contributed by atoms with Gasteiger partial charge in [0.2, 0.25) is 5.75 Å². The Morgan fingerprint density at radius 2 is 1.89 bits per heavy atom. The van der Waals surface area contributed by atoms with Crippen LogP contribution in [0, 0.1) is 6.92 Å². The Morgan fingerprint density at radius 3 is 2.37 bits per heavy atom. The maximum atomic E-state index is 12.8. The zero-order valence-corrected chi connectivity index (χ0v) is 15.3. The lowest BCUT2D eigenvalue weighted by Gasteiger charge is -2.13. The lowest BCUT2D eigenvalue weighted by Crippen LogP contribution is -2.20. The second kappa shape index (κ2) is 6.13. The summed E-state index contributed by atoms with van der Waals surface area (Å²) in [6.07, 6.45) is 2.19. The summed E-state index contributed by atoms with van der Waals surface area (Å²) < 4.78 is 29.9. The van der Waals surface area contributed by atoms with E-state index in [0.717, 1.165) is 10.9 Å². The highest BCUT2D eigenvalue weighted by Crippen LogP contribution is 2.35. The van der Waals surface area contributed by atoms with Crippen LogP contribution in [-0.2, 0) is 16.9 Å². The molecular formula is C16H15N3O7S. The highest BCUT2D eigenvalue weighted by Gasteiger charge is 2.27. The van der Waals surface area contributed by atoms with E-state index in [1.807, 2.05) is 0 Å². The Morgan fingerprint density at radius 1 is 1.22 bits per heavy atom. The second-order valence-corrected chi connectivity index (χ2v) is 7.96. The fraction of sp³-hybridized carbons (Fsp3) is 0.188. The van der Waals surface area contributed by atoms with Crippen molar-refractivity contribution in [3.63, 3.8) is 0 Å². The van der Waals surface area contributed by atoms with Crippen LogP contribution in [0.3, 0.4) is 0 Å². The number of aromatic nitrogens is 3. The van der Waals surface area contributed by atoms with Gasteiger partial charge in [0.25, 0.3) is 5.56 Å². The molecule has 3 N–H and O–H groups in total. The predicted octanol–water partition coefficient (Wildman–Crippen LogP) is 0.310. The molecule has 10 nitrogen and oxygen atoms in total. The van der Waals surface area contributed by atoms with E-state index in [1.54, 1.807) is 0 Å². The number of rotatable bonds is 4. The molecule has 27 heavy (non-hydrogen) atoms. The fourth-order valence-electron chi connectivity index (χ4n) is 2.79. The van der Waals surface area contributed by atoms with E-state index in [0.29, 0.717) is 0 Å². The van der Waals surface area contributed by atoms with Gasteiger partial charge in [-0.15, -0.1) is 0 Å². The number of carbonyl (C=O) groups is 1. The third-order valence-corrected chi connectivity index (χ3v) is 5.32. The minimum Gasteiger partial charge on any atom is -0.500 e. The summed E-state index contributed by atoms with van der Waals surface area (Å²) in [7, 11) is -2.34. The SMILES string of the molecule is Cc1c(C(=O)c2c[nH]n(C)c2=O)ccc(S(C)(=O)=O)c1-c1[nH]oc(=O)c1O. The van der Waals surface area contributed by atoms with Crippen LogP contribution >= 0.6 is 0 Å². The minimum atomic E-state index is -3.78. The third kappa shape index (κ3) is 2.91. The van der Waals surface area contributed by atoms with Gasteiger partial charge in [0.05, 0.1) is 4.90 Å². The van der Waals surface area contributed by atoms with Gasteiger partial charge in [0, 0.05) is 30.6 Å². The molecule has 0 atom stereocenters. The van der Waals surface area contributed by atoms with E-state index in [4.69, 9.17) is 0 Å². The maximum Gasteiger partial charge on any atom is 0.399 e. The molecule has 0 radical (unpaired) electrons. The number of aromatic amines is 2. The summed E-state index contributed by atoms with van der Waals surface area (Å²) in [6.45, 7) is 1.44. The van der Waals surface area contributed by atoms with Gasteiger partial charge in [0.1, 0.15) is 11.3 Å². The number of nitrogens with zero attached hydrogens (tertiary/aromatic N) is 1. The summed E-state index contributed by atoms with van der Waals surface area (Å²) in [5.41, 5.74) is -1.93. The van der Waals surface area contributed by atoms with Gasteiger partial charge in [-0.05, 0) is 24.6 Å². The molecular weight excluding hydrogens is 378 g/mol. The number of hydrogen-bond donors (Lipinski definition) is 3. The molecule has 0 aliphatic carbocycles. The molecule has 0 spiro atoms. The van der Waals surface area contributed by atoms with Crippen LogP contribution < -0.4 is 11.2 Å². The van der Waals surface area contributed by atoms with Crippen molar-refractivity contribution < 1.29 is 22.8 Å². The van der Waals surface area contributed by atoms with Crippen LogP contribution in [-0.4, -0.2) is 40.5 Å². The van der Waals surface area contributed by atoms with Crippen LogP contribution in [0.15, 0.2) is 37.3 Å². The van der Waals surface area contributed by atoms with Gasteiger partial charge < -0.3 is 14.7 Å². The van der Waals surface area contributed by atoms with Crippen LogP contribution in [0.4, 0.5) is 0 Å². The standard InChI is InChI=1S/C16H15N3O7S/c1-7-8(13(20)9-6-17-19(2)15(9)22)4-5-10(27(3,24)25)11(7)12-14(21)16(23)26-18-12/h4-6,17-18,21H,1-3H3. The maximum absolute atomic E-state index is 12.8. The summed E-state index contributed by atoms with van der Waals surface area (Å²) in [5, 5.41) is 14.7. The van der Waals surface area contributed by atoms with Crippen LogP contribution in [0.1, 0.15) is 21.5 Å². The molecule has 0 saturated carbocycles. The Bertz CT molecular complexity index is 1290. The molecule has 0 aliphatic heterocycles. The first-order valence-corrected chi connectivity index (χ1v) is 9.46. The Balaban J connectivity index is 2.34. The van der Waals surface area contributed by atoms with Crippen LogP contribution in [0.25, 0.3) is 11.3 Å². The molecule has 0 unspecified atom stereocenters.